The lowest BCUT2D eigenvalue weighted by atomic mass is 9.92. The summed E-state index contributed by atoms with van der Waals surface area (Å²) in [7, 11) is 0. The second kappa shape index (κ2) is 8.14. The highest BCUT2D eigenvalue weighted by molar-refractivity contribution is 5.98. The van der Waals surface area contributed by atoms with Crippen LogP contribution in [0.2, 0.25) is 0 Å². The van der Waals surface area contributed by atoms with E-state index in [1.165, 1.54) is 37.7 Å². The Hall–Kier alpha value is -2.81. The first kappa shape index (κ1) is 19.2. The molecular weight excluding hydrogens is 370 g/mol. The topological polar surface area (TPSA) is 40.5 Å². The minimum Gasteiger partial charge on any atom is -0.507 e. The molecule has 154 valence electrons. The lowest BCUT2D eigenvalue weighted by Crippen LogP contribution is -2.39. The average Bonchev–Trinajstić information content (AvgIpc) is 3.14. The Morgan fingerprint density at radius 1 is 0.867 bits per heavy atom. The molecule has 1 unspecified atom stereocenters. The summed E-state index contributed by atoms with van der Waals surface area (Å²) in [5.41, 5.74) is 3.11. The number of phenolic OH excluding ortho intramolecular Hbond substituents is 1. The van der Waals surface area contributed by atoms with Crippen molar-refractivity contribution in [1.82, 2.24) is 4.90 Å². The van der Waals surface area contributed by atoms with Gasteiger partial charge in [-0.3, -0.25) is 4.79 Å². The maximum Gasteiger partial charge on any atom is 0.226 e. The van der Waals surface area contributed by atoms with Crippen molar-refractivity contribution >= 4 is 16.7 Å². The molecule has 30 heavy (non-hydrogen) atoms. The molecule has 1 saturated heterocycles. The molecule has 0 aromatic heterocycles. The minimum atomic E-state index is 0.116. The van der Waals surface area contributed by atoms with E-state index in [1.54, 1.807) is 6.07 Å². The van der Waals surface area contributed by atoms with E-state index in [1.807, 2.05) is 24.3 Å². The number of hydrogen-bond acceptors (Lipinski definition) is 2. The Balaban J connectivity index is 1.37. The zero-order valence-electron chi connectivity index (χ0n) is 17.4. The number of likely N-dealkylation sites (tertiary alicyclic amines) is 1. The van der Waals surface area contributed by atoms with Gasteiger partial charge in [0.15, 0.2) is 0 Å². The maximum atomic E-state index is 13.0. The van der Waals surface area contributed by atoms with Crippen molar-refractivity contribution in [1.29, 1.82) is 0 Å². The van der Waals surface area contributed by atoms with Crippen LogP contribution in [0, 0.1) is 5.92 Å². The van der Waals surface area contributed by atoms with Gasteiger partial charge in [0.05, 0.1) is 0 Å². The summed E-state index contributed by atoms with van der Waals surface area (Å²) in [4.78, 5) is 15.2. The van der Waals surface area contributed by atoms with E-state index >= 15 is 0 Å². The normalized spacial score (nSPS) is 20.2. The molecule has 1 atom stereocenters. The van der Waals surface area contributed by atoms with Gasteiger partial charge >= 0.3 is 0 Å². The zero-order valence-corrected chi connectivity index (χ0v) is 17.4. The van der Waals surface area contributed by atoms with Crippen LogP contribution in [0.25, 0.3) is 21.9 Å². The smallest absolute Gasteiger partial charge is 0.226 e. The Bertz CT molecular complexity index is 1070. The molecule has 1 amide bonds. The first-order chi connectivity index (χ1) is 14.7. The Kier molecular flexibility index (Phi) is 5.20. The molecule has 1 aliphatic carbocycles. The monoisotopic (exact) mass is 399 g/mol. The van der Waals surface area contributed by atoms with E-state index in [2.05, 4.69) is 35.2 Å². The number of benzene rings is 3. The van der Waals surface area contributed by atoms with Gasteiger partial charge in [0.2, 0.25) is 5.91 Å². The number of amides is 1. The molecule has 3 nitrogen and oxygen atoms in total. The summed E-state index contributed by atoms with van der Waals surface area (Å²) in [6.07, 6.45) is 8.02. The van der Waals surface area contributed by atoms with Crippen molar-refractivity contribution < 1.29 is 9.90 Å². The summed E-state index contributed by atoms with van der Waals surface area (Å²) in [6.45, 7) is 0.930. The van der Waals surface area contributed by atoms with Crippen molar-refractivity contribution in [2.75, 3.05) is 6.54 Å². The molecule has 1 heterocycles. The van der Waals surface area contributed by atoms with Gasteiger partial charge in [0, 0.05) is 24.1 Å². The summed E-state index contributed by atoms with van der Waals surface area (Å²) >= 11 is 0. The largest absolute Gasteiger partial charge is 0.507 e. The molecule has 0 bridgehead atoms. The number of nitrogens with zero attached hydrogens (tertiary/aromatic N) is 1. The van der Waals surface area contributed by atoms with Gasteiger partial charge in [-0.2, -0.15) is 0 Å². The van der Waals surface area contributed by atoms with Gasteiger partial charge < -0.3 is 10.0 Å². The van der Waals surface area contributed by atoms with E-state index in [0.717, 1.165) is 41.3 Å². The molecule has 2 aliphatic rings. The van der Waals surface area contributed by atoms with Crippen molar-refractivity contribution in [2.24, 2.45) is 5.92 Å². The van der Waals surface area contributed by atoms with Crippen LogP contribution in [0.5, 0.6) is 5.75 Å². The molecular formula is C27H29NO2. The Morgan fingerprint density at radius 2 is 1.67 bits per heavy atom. The first-order valence-electron chi connectivity index (χ1n) is 11.3. The van der Waals surface area contributed by atoms with Gasteiger partial charge in [-0.05, 0) is 53.6 Å². The zero-order chi connectivity index (χ0) is 20.5. The van der Waals surface area contributed by atoms with E-state index in [-0.39, 0.29) is 5.92 Å². The first-order valence-corrected chi connectivity index (χ1v) is 11.3. The molecule has 3 aromatic rings. The lowest BCUT2D eigenvalue weighted by Gasteiger charge is -2.31. The number of fused-ring (bicyclic) bond motifs is 1. The standard InChI is InChI=1S/C27H29NO2/c29-26-12-5-4-10-25(26)24-11-6-7-20-17-19(13-14-23(20)24)18-21-15-16-28(27(21)30)22-8-2-1-3-9-22/h4-7,10-14,17,21-22,29H,1-3,8-9,15-16,18H2. The summed E-state index contributed by atoms with van der Waals surface area (Å²) in [5, 5.41) is 12.6. The van der Waals surface area contributed by atoms with E-state index in [0.29, 0.717) is 17.7 Å². The second-order valence-electron chi connectivity index (χ2n) is 8.89. The molecule has 1 N–H and O–H groups in total. The molecule has 1 saturated carbocycles. The van der Waals surface area contributed by atoms with Crippen molar-refractivity contribution in [3.8, 4) is 16.9 Å². The average molecular weight is 400 g/mol. The fourth-order valence-corrected chi connectivity index (χ4v) is 5.39. The van der Waals surface area contributed by atoms with Crippen LogP contribution in [0.15, 0.2) is 60.7 Å². The van der Waals surface area contributed by atoms with Gasteiger partial charge in [0.1, 0.15) is 5.75 Å². The van der Waals surface area contributed by atoms with Crippen LogP contribution in [0.4, 0.5) is 0 Å². The minimum absolute atomic E-state index is 0.116. The van der Waals surface area contributed by atoms with Gasteiger partial charge in [-0.15, -0.1) is 0 Å². The number of phenols is 1. The number of rotatable bonds is 4. The number of hydrogen-bond donors (Lipinski definition) is 1. The Morgan fingerprint density at radius 3 is 2.50 bits per heavy atom. The Labute approximate surface area is 178 Å². The van der Waals surface area contributed by atoms with Crippen LogP contribution in [0.1, 0.15) is 44.1 Å². The molecule has 1 aliphatic heterocycles. The molecule has 0 radical (unpaired) electrons. The number of para-hydroxylation sites is 1. The van der Waals surface area contributed by atoms with Gasteiger partial charge in [0.25, 0.3) is 0 Å². The predicted octanol–water partition coefficient (Wildman–Crippen LogP) is 5.94. The third kappa shape index (κ3) is 3.58. The predicted molar refractivity (Wildman–Crippen MR) is 121 cm³/mol. The van der Waals surface area contributed by atoms with Crippen molar-refractivity contribution in [3.63, 3.8) is 0 Å². The van der Waals surface area contributed by atoms with Crippen LogP contribution >= 0.6 is 0 Å². The molecule has 5 rings (SSSR count). The second-order valence-corrected chi connectivity index (χ2v) is 8.89. The fourth-order valence-electron chi connectivity index (χ4n) is 5.39. The highest BCUT2D eigenvalue weighted by Gasteiger charge is 2.36. The summed E-state index contributed by atoms with van der Waals surface area (Å²) in [5.74, 6) is 0.782. The third-order valence-electron chi connectivity index (χ3n) is 6.99. The van der Waals surface area contributed by atoms with E-state index < -0.39 is 0 Å². The lowest BCUT2D eigenvalue weighted by molar-refractivity contribution is -0.133. The van der Waals surface area contributed by atoms with Crippen LogP contribution in [-0.4, -0.2) is 28.5 Å². The van der Waals surface area contributed by atoms with Crippen LogP contribution in [0.3, 0.4) is 0 Å². The van der Waals surface area contributed by atoms with E-state index in [9.17, 15) is 9.90 Å². The molecule has 0 spiro atoms. The quantitative estimate of drug-likeness (QED) is 0.590. The molecule has 3 aromatic carbocycles. The fraction of sp³-hybridized carbons (Fsp3) is 0.370. The molecule has 3 heteroatoms. The third-order valence-corrected chi connectivity index (χ3v) is 6.99. The number of carbonyl (C=O) groups is 1. The highest BCUT2D eigenvalue weighted by Crippen LogP contribution is 2.35. The SMILES string of the molecule is O=C1C(Cc2ccc3c(-c4ccccc4O)cccc3c2)CCN1C1CCCCC1. The highest BCUT2D eigenvalue weighted by atomic mass is 16.3. The maximum absolute atomic E-state index is 13.0. The summed E-state index contributed by atoms with van der Waals surface area (Å²) in [6, 6.07) is 20.7. The summed E-state index contributed by atoms with van der Waals surface area (Å²) < 4.78 is 0. The van der Waals surface area contributed by atoms with Crippen molar-refractivity contribution in [2.45, 2.75) is 51.0 Å². The van der Waals surface area contributed by atoms with Gasteiger partial charge in [-0.1, -0.05) is 73.9 Å². The van der Waals surface area contributed by atoms with E-state index in [4.69, 9.17) is 0 Å². The van der Waals surface area contributed by atoms with Crippen LogP contribution in [-0.2, 0) is 11.2 Å². The molecule has 2 fully saturated rings. The van der Waals surface area contributed by atoms with Crippen LogP contribution < -0.4 is 0 Å². The van der Waals surface area contributed by atoms with Crippen molar-refractivity contribution in [3.05, 3.63) is 66.2 Å². The van der Waals surface area contributed by atoms with Gasteiger partial charge in [-0.25, -0.2) is 0 Å². The number of aromatic hydroxyl groups is 1. The number of carbonyl (C=O) groups excluding carboxylic acids is 1.